The Hall–Kier alpha value is -2.20. The van der Waals surface area contributed by atoms with Gasteiger partial charge in [-0.1, -0.05) is 12.1 Å². The van der Waals surface area contributed by atoms with E-state index in [2.05, 4.69) is 24.4 Å². The Bertz CT molecular complexity index is 684. The molecule has 0 spiro atoms. The number of benzene rings is 2. The average molecular weight is 313 g/mol. The molecule has 3 rings (SSSR count). The zero-order valence-electron chi connectivity index (χ0n) is 13.6. The molecule has 2 aromatic carbocycles. The van der Waals surface area contributed by atoms with Crippen molar-refractivity contribution in [3.05, 3.63) is 53.1 Å². The van der Waals surface area contributed by atoms with E-state index >= 15 is 0 Å². The highest BCUT2D eigenvalue weighted by atomic mass is 16.5. The molecule has 0 aliphatic carbocycles. The van der Waals surface area contributed by atoms with E-state index in [0.717, 1.165) is 29.0 Å². The fraction of sp³-hybridized carbons (Fsp3) is 0.368. The van der Waals surface area contributed by atoms with Gasteiger partial charge in [-0.3, -0.25) is 0 Å². The van der Waals surface area contributed by atoms with Crippen molar-refractivity contribution in [3.8, 4) is 17.2 Å². The SMILES string of the molecule is CCOc1cc2c(cc1CNCc1cccc(O)c1)OC(C)C2. The molecule has 1 aliphatic rings. The molecule has 0 amide bonds. The van der Waals surface area contributed by atoms with Crippen molar-refractivity contribution in [3.63, 3.8) is 0 Å². The fourth-order valence-electron chi connectivity index (χ4n) is 2.92. The van der Waals surface area contributed by atoms with Crippen molar-refractivity contribution in [2.24, 2.45) is 0 Å². The number of ether oxygens (including phenoxy) is 2. The molecule has 1 unspecified atom stereocenters. The van der Waals surface area contributed by atoms with Gasteiger partial charge >= 0.3 is 0 Å². The molecule has 23 heavy (non-hydrogen) atoms. The standard InChI is InChI=1S/C19H23NO3/c1-3-22-18-9-15-7-13(2)23-19(15)10-16(18)12-20-11-14-5-4-6-17(21)8-14/h4-6,8-10,13,20-21H,3,7,11-12H2,1-2H3. The summed E-state index contributed by atoms with van der Waals surface area (Å²) in [5.41, 5.74) is 3.37. The van der Waals surface area contributed by atoms with E-state index in [1.807, 2.05) is 19.1 Å². The van der Waals surface area contributed by atoms with Gasteiger partial charge in [-0.2, -0.15) is 0 Å². The minimum Gasteiger partial charge on any atom is -0.508 e. The third kappa shape index (κ3) is 3.77. The molecule has 0 saturated carbocycles. The van der Waals surface area contributed by atoms with Crippen LogP contribution in [0.2, 0.25) is 0 Å². The lowest BCUT2D eigenvalue weighted by Gasteiger charge is -2.13. The van der Waals surface area contributed by atoms with E-state index in [1.54, 1.807) is 12.1 Å². The maximum absolute atomic E-state index is 9.51. The monoisotopic (exact) mass is 313 g/mol. The van der Waals surface area contributed by atoms with Crippen LogP contribution in [0.4, 0.5) is 0 Å². The van der Waals surface area contributed by atoms with Crippen LogP contribution in [0.5, 0.6) is 17.2 Å². The van der Waals surface area contributed by atoms with Gasteiger partial charge in [0.15, 0.2) is 0 Å². The molecular formula is C19H23NO3. The predicted molar refractivity (Wildman–Crippen MR) is 90.1 cm³/mol. The van der Waals surface area contributed by atoms with Gasteiger partial charge in [-0.25, -0.2) is 0 Å². The zero-order chi connectivity index (χ0) is 16.2. The lowest BCUT2D eigenvalue weighted by molar-refractivity contribution is 0.254. The third-order valence-electron chi connectivity index (χ3n) is 3.93. The highest BCUT2D eigenvalue weighted by Gasteiger charge is 2.21. The minimum absolute atomic E-state index is 0.231. The maximum Gasteiger partial charge on any atom is 0.124 e. The second-order valence-corrected chi connectivity index (χ2v) is 5.91. The number of hydrogen-bond acceptors (Lipinski definition) is 4. The van der Waals surface area contributed by atoms with Gasteiger partial charge in [0.2, 0.25) is 0 Å². The lowest BCUT2D eigenvalue weighted by Crippen LogP contribution is -2.14. The Kier molecular flexibility index (Phi) is 4.72. The molecule has 0 bridgehead atoms. The summed E-state index contributed by atoms with van der Waals surface area (Å²) in [5.74, 6) is 2.18. The van der Waals surface area contributed by atoms with Crippen molar-refractivity contribution in [2.45, 2.75) is 39.5 Å². The predicted octanol–water partition coefficient (Wildman–Crippen LogP) is 3.40. The first-order chi connectivity index (χ1) is 11.2. The smallest absolute Gasteiger partial charge is 0.124 e. The minimum atomic E-state index is 0.231. The molecule has 4 nitrogen and oxygen atoms in total. The van der Waals surface area contributed by atoms with Crippen LogP contribution in [0.3, 0.4) is 0 Å². The van der Waals surface area contributed by atoms with Crippen LogP contribution in [0.25, 0.3) is 0 Å². The van der Waals surface area contributed by atoms with Crippen molar-refractivity contribution >= 4 is 0 Å². The van der Waals surface area contributed by atoms with Crippen LogP contribution in [-0.4, -0.2) is 17.8 Å². The van der Waals surface area contributed by atoms with Gasteiger partial charge in [0.05, 0.1) is 6.61 Å². The summed E-state index contributed by atoms with van der Waals surface area (Å²) in [6, 6.07) is 11.5. The Labute approximate surface area is 137 Å². The summed E-state index contributed by atoms with van der Waals surface area (Å²) in [6.45, 7) is 6.11. The molecule has 4 heteroatoms. The van der Waals surface area contributed by atoms with E-state index < -0.39 is 0 Å². The van der Waals surface area contributed by atoms with Gasteiger partial charge in [0.1, 0.15) is 23.4 Å². The summed E-state index contributed by atoms with van der Waals surface area (Å²) in [6.07, 6.45) is 1.17. The Morgan fingerprint density at radius 1 is 1.26 bits per heavy atom. The molecule has 2 N–H and O–H groups in total. The van der Waals surface area contributed by atoms with E-state index in [0.29, 0.717) is 25.4 Å². The summed E-state index contributed by atoms with van der Waals surface area (Å²) in [5, 5.41) is 12.9. The largest absolute Gasteiger partial charge is 0.508 e. The van der Waals surface area contributed by atoms with Crippen molar-refractivity contribution in [2.75, 3.05) is 6.61 Å². The summed E-state index contributed by atoms with van der Waals surface area (Å²) in [4.78, 5) is 0. The van der Waals surface area contributed by atoms with Crippen molar-refractivity contribution < 1.29 is 14.6 Å². The van der Waals surface area contributed by atoms with Gasteiger partial charge in [-0.05, 0) is 43.7 Å². The summed E-state index contributed by atoms with van der Waals surface area (Å²) >= 11 is 0. The molecule has 0 aromatic heterocycles. The zero-order valence-corrected chi connectivity index (χ0v) is 13.6. The molecule has 122 valence electrons. The van der Waals surface area contributed by atoms with Crippen LogP contribution in [0.1, 0.15) is 30.5 Å². The van der Waals surface area contributed by atoms with Crippen molar-refractivity contribution in [1.82, 2.24) is 5.32 Å². The van der Waals surface area contributed by atoms with Gasteiger partial charge < -0.3 is 19.9 Å². The first-order valence-corrected chi connectivity index (χ1v) is 8.09. The normalized spacial score (nSPS) is 16.0. The van der Waals surface area contributed by atoms with E-state index in [1.165, 1.54) is 5.56 Å². The molecule has 1 heterocycles. The maximum atomic E-state index is 9.51. The topological polar surface area (TPSA) is 50.7 Å². The Balaban J connectivity index is 1.70. The molecule has 1 aliphatic heterocycles. The van der Waals surface area contributed by atoms with Gasteiger partial charge in [0, 0.05) is 30.6 Å². The molecule has 0 radical (unpaired) electrons. The van der Waals surface area contributed by atoms with Crippen LogP contribution < -0.4 is 14.8 Å². The Morgan fingerprint density at radius 2 is 2.13 bits per heavy atom. The van der Waals surface area contributed by atoms with Crippen LogP contribution in [0, 0.1) is 0 Å². The van der Waals surface area contributed by atoms with E-state index in [4.69, 9.17) is 9.47 Å². The van der Waals surface area contributed by atoms with E-state index in [9.17, 15) is 5.11 Å². The van der Waals surface area contributed by atoms with Crippen LogP contribution in [-0.2, 0) is 19.5 Å². The van der Waals surface area contributed by atoms with Gasteiger partial charge in [-0.15, -0.1) is 0 Å². The number of phenolic OH excluding ortho intramolecular Hbond substituents is 1. The van der Waals surface area contributed by atoms with Crippen LogP contribution >= 0.6 is 0 Å². The first kappa shape index (κ1) is 15.7. The number of rotatable bonds is 6. The molecule has 0 fully saturated rings. The number of hydrogen-bond donors (Lipinski definition) is 2. The fourth-order valence-corrected chi connectivity index (χ4v) is 2.92. The number of phenols is 1. The number of nitrogens with one attached hydrogen (secondary N) is 1. The number of fused-ring (bicyclic) bond motifs is 1. The molecule has 2 aromatic rings. The summed E-state index contributed by atoms with van der Waals surface area (Å²) in [7, 11) is 0. The first-order valence-electron chi connectivity index (χ1n) is 8.09. The highest BCUT2D eigenvalue weighted by molar-refractivity contribution is 5.48. The Morgan fingerprint density at radius 3 is 2.91 bits per heavy atom. The highest BCUT2D eigenvalue weighted by Crippen LogP contribution is 2.35. The quantitative estimate of drug-likeness (QED) is 0.858. The number of aromatic hydroxyl groups is 1. The molecular weight excluding hydrogens is 290 g/mol. The third-order valence-corrected chi connectivity index (χ3v) is 3.93. The van der Waals surface area contributed by atoms with Gasteiger partial charge in [0.25, 0.3) is 0 Å². The second kappa shape index (κ2) is 6.92. The average Bonchev–Trinajstić information content (AvgIpc) is 2.87. The van der Waals surface area contributed by atoms with E-state index in [-0.39, 0.29) is 6.10 Å². The molecule has 0 saturated heterocycles. The van der Waals surface area contributed by atoms with Crippen LogP contribution in [0.15, 0.2) is 36.4 Å². The second-order valence-electron chi connectivity index (χ2n) is 5.91. The lowest BCUT2D eigenvalue weighted by atomic mass is 10.1. The molecule has 1 atom stereocenters. The summed E-state index contributed by atoms with van der Waals surface area (Å²) < 4.78 is 11.6. The van der Waals surface area contributed by atoms with Crippen molar-refractivity contribution in [1.29, 1.82) is 0 Å².